The van der Waals surface area contributed by atoms with Gasteiger partial charge in [-0.3, -0.25) is 0 Å². The van der Waals surface area contributed by atoms with Gasteiger partial charge < -0.3 is 0 Å². The van der Waals surface area contributed by atoms with Crippen LogP contribution in [0, 0.1) is 0 Å². The minimum absolute atomic E-state index is 0.519. The number of allylic oxidation sites excluding steroid dienone is 1. The van der Waals surface area contributed by atoms with Crippen LogP contribution in [0.5, 0.6) is 0 Å². The SMILES string of the molecule is C1=CP(c2ccccc2)(c2ccccc2)(c2ccccc2)C(Cc2ccccc2)CC1. The number of hydrogen-bond acceptors (Lipinski definition) is 0. The molecule has 0 N–H and O–H groups in total. The molecule has 5 rings (SSSR count). The normalized spacial score (nSPS) is 20.4. The van der Waals surface area contributed by atoms with Gasteiger partial charge in [0, 0.05) is 0 Å². The molecule has 0 radical (unpaired) electrons. The Kier molecular flexibility index (Phi) is 5.34. The molecular weight excluding hydrogens is 391 g/mol. The number of rotatable bonds is 5. The third-order valence-electron chi connectivity index (χ3n) is 7.09. The fraction of sp³-hybridized carbons (Fsp3) is 0.133. The molecule has 31 heavy (non-hydrogen) atoms. The summed E-state index contributed by atoms with van der Waals surface area (Å²) in [4.78, 5) is 0. The van der Waals surface area contributed by atoms with E-state index >= 15 is 0 Å². The minimum atomic E-state index is -2.88. The summed E-state index contributed by atoms with van der Waals surface area (Å²) in [6.07, 6.45) is 5.89. The van der Waals surface area contributed by atoms with Crippen molar-refractivity contribution in [2.24, 2.45) is 0 Å². The average molecular weight is 421 g/mol. The van der Waals surface area contributed by atoms with Crippen molar-refractivity contribution in [3.8, 4) is 0 Å². The molecule has 1 aliphatic rings. The first-order chi connectivity index (χ1) is 15.3. The van der Waals surface area contributed by atoms with Gasteiger partial charge in [-0.1, -0.05) is 0 Å². The molecule has 0 fully saturated rings. The summed E-state index contributed by atoms with van der Waals surface area (Å²) in [5.41, 5.74) is 1.95. The van der Waals surface area contributed by atoms with E-state index in [-0.39, 0.29) is 0 Å². The van der Waals surface area contributed by atoms with Crippen LogP contribution in [0.4, 0.5) is 0 Å². The molecule has 1 unspecified atom stereocenters. The molecule has 0 saturated heterocycles. The van der Waals surface area contributed by atoms with Gasteiger partial charge >= 0.3 is 186 Å². The maximum absolute atomic E-state index is 2.88. The first-order valence-corrected chi connectivity index (χ1v) is 13.6. The van der Waals surface area contributed by atoms with Gasteiger partial charge in [-0.05, 0) is 0 Å². The summed E-state index contributed by atoms with van der Waals surface area (Å²) in [5, 5.41) is 4.42. The number of hydrogen-bond donors (Lipinski definition) is 0. The third-order valence-corrected chi connectivity index (χ3v) is 14.1. The molecule has 1 heteroatoms. The van der Waals surface area contributed by atoms with Crippen LogP contribution in [0.2, 0.25) is 0 Å². The van der Waals surface area contributed by atoms with Gasteiger partial charge in [0.15, 0.2) is 0 Å². The van der Waals surface area contributed by atoms with Crippen molar-refractivity contribution in [3.63, 3.8) is 0 Å². The molecule has 0 bridgehead atoms. The summed E-state index contributed by atoms with van der Waals surface area (Å²) in [5.74, 6) is 2.66. The predicted octanol–water partition coefficient (Wildman–Crippen LogP) is 6.44. The van der Waals surface area contributed by atoms with E-state index in [1.807, 2.05) is 0 Å². The van der Waals surface area contributed by atoms with Crippen LogP contribution in [-0.4, -0.2) is 5.66 Å². The van der Waals surface area contributed by atoms with Crippen molar-refractivity contribution >= 4 is 22.5 Å². The molecule has 4 aromatic rings. The van der Waals surface area contributed by atoms with Crippen LogP contribution in [0.1, 0.15) is 18.4 Å². The van der Waals surface area contributed by atoms with Gasteiger partial charge in [0.2, 0.25) is 0 Å². The Morgan fingerprint density at radius 2 is 0.968 bits per heavy atom. The Bertz CT molecular complexity index is 1050. The summed E-state index contributed by atoms with van der Waals surface area (Å²) >= 11 is 0. The first kappa shape index (κ1) is 20.0. The van der Waals surface area contributed by atoms with E-state index < -0.39 is 6.60 Å². The molecule has 0 aromatic heterocycles. The Morgan fingerprint density at radius 1 is 0.548 bits per heavy atom. The Labute approximate surface area is 186 Å². The van der Waals surface area contributed by atoms with Crippen LogP contribution < -0.4 is 15.9 Å². The van der Waals surface area contributed by atoms with Crippen molar-refractivity contribution in [1.82, 2.24) is 0 Å². The zero-order chi connectivity index (χ0) is 21.0. The van der Waals surface area contributed by atoms with E-state index in [4.69, 9.17) is 0 Å². The Hall–Kier alpha value is -2.95. The molecule has 4 aromatic carbocycles. The zero-order valence-corrected chi connectivity index (χ0v) is 18.7. The van der Waals surface area contributed by atoms with Crippen LogP contribution in [0.25, 0.3) is 0 Å². The second-order valence-corrected chi connectivity index (χ2v) is 13.7. The molecule has 154 valence electrons. The number of benzene rings is 4. The Morgan fingerprint density at radius 3 is 1.42 bits per heavy atom. The van der Waals surface area contributed by atoms with E-state index in [0.29, 0.717) is 5.66 Å². The fourth-order valence-electron chi connectivity index (χ4n) is 5.74. The van der Waals surface area contributed by atoms with E-state index in [0.717, 1.165) is 12.8 Å². The topological polar surface area (TPSA) is 0 Å². The molecule has 1 aliphatic heterocycles. The fourth-order valence-corrected chi connectivity index (χ4v) is 13.0. The van der Waals surface area contributed by atoms with E-state index in [9.17, 15) is 0 Å². The maximum atomic E-state index is 2.66. The van der Waals surface area contributed by atoms with E-state index in [2.05, 4.69) is 133 Å². The van der Waals surface area contributed by atoms with Crippen LogP contribution >= 0.6 is 6.60 Å². The standard InChI is InChI=1S/C30H29P/c1-5-15-26(16-6-1)25-30-23-13-14-24-31(30,27-17-7-2-8-18-27,28-19-9-3-10-20-28)29-21-11-4-12-22-29/h1-12,14-22,24,30H,13,23,25H2. The van der Waals surface area contributed by atoms with Gasteiger partial charge in [-0.15, -0.1) is 0 Å². The van der Waals surface area contributed by atoms with Crippen molar-refractivity contribution in [2.45, 2.75) is 24.9 Å². The summed E-state index contributed by atoms with van der Waals surface area (Å²) in [6.45, 7) is -2.88. The zero-order valence-electron chi connectivity index (χ0n) is 17.8. The molecular formula is C30H29P. The molecule has 1 atom stereocenters. The average Bonchev–Trinajstić information content (AvgIpc) is 2.87. The van der Waals surface area contributed by atoms with Crippen molar-refractivity contribution in [2.75, 3.05) is 0 Å². The monoisotopic (exact) mass is 420 g/mol. The third kappa shape index (κ3) is 3.10. The van der Waals surface area contributed by atoms with Gasteiger partial charge in [0.05, 0.1) is 0 Å². The summed E-state index contributed by atoms with van der Waals surface area (Å²) < 4.78 is 0. The van der Waals surface area contributed by atoms with Crippen molar-refractivity contribution in [1.29, 1.82) is 0 Å². The molecule has 0 saturated carbocycles. The molecule has 0 aliphatic carbocycles. The van der Waals surface area contributed by atoms with Gasteiger partial charge in [-0.25, -0.2) is 0 Å². The van der Waals surface area contributed by atoms with Crippen LogP contribution in [-0.2, 0) is 6.42 Å². The van der Waals surface area contributed by atoms with Crippen LogP contribution in [0.3, 0.4) is 0 Å². The van der Waals surface area contributed by atoms with Gasteiger partial charge in [-0.2, -0.15) is 0 Å². The van der Waals surface area contributed by atoms with Crippen LogP contribution in [0.15, 0.2) is 133 Å². The van der Waals surface area contributed by atoms with Crippen molar-refractivity contribution < 1.29 is 0 Å². The van der Waals surface area contributed by atoms with Crippen molar-refractivity contribution in [3.05, 3.63) is 139 Å². The molecule has 0 spiro atoms. The van der Waals surface area contributed by atoms with Gasteiger partial charge in [0.25, 0.3) is 0 Å². The molecule has 1 heterocycles. The second-order valence-electron chi connectivity index (χ2n) is 8.57. The predicted molar refractivity (Wildman–Crippen MR) is 137 cm³/mol. The Balaban J connectivity index is 1.90. The van der Waals surface area contributed by atoms with E-state index in [1.165, 1.54) is 27.9 Å². The van der Waals surface area contributed by atoms with Gasteiger partial charge in [0.1, 0.15) is 0 Å². The quantitative estimate of drug-likeness (QED) is 0.326. The molecule has 0 nitrogen and oxygen atoms in total. The first-order valence-electron chi connectivity index (χ1n) is 11.2. The summed E-state index contributed by atoms with van der Waals surface area (Å²) in [6, 6.07) is 45.1. The summed E-state index contributed by atoms with van der Waals surface area (Å²) in [7, 11) is 0. The van der Waals surface area contributed by atoms with E-state index in [1.54, 1.807) is 0 Å². The molecule has 0 amide bonds. The second kappa shape index (κ2) is 8.29.